The molecule has 0 unspecified atom stereocenters. The van der Waals surface area contributed by atoms with Gasteiger partial charge in [0, 0.05) is 33.8 Å². The monoisotopic (exact) mass is 374 g/mol. The number of methoxy groups -OCH3 is 1. The summed E-state index contributed by atoms with van der Waals surface area (Å²) < 4.78 is 10.3. The van der Waals surface area contributed by atoms with Crippen molar-refractivity contribution in [2.24, 2.45) is 5.41 Å². The zero-order valence-corrected chi connectivity index (χ0v) is 16.4. The summed E-state index contributed by atoms with van der Waals surface area (Å²) in [7, 11) is 3.52. The molecule has 0 aromatic heterocycles. The van der Waals surface area contributed by atoms with Gasteiger partial charge in [-0.3, -0.25) is 9.59 Å². The second kappa shape index (κ2) is 8.85. The zero-order chi connectivity index (χ0) is 19.3. The third kappa shape index (κ3) is 4.68. The molecule has 2 aliphatic heterocycles. The first kappa shape index (κ1) is 19.8. The van der Waals surface area contributed by atoms with E-state index in [1.165, 1.54) is 0 Å². The van der Waals surface area contributed by atoms with Gasteiger partial charge in [-0.05, 0) is 30.2 Å². The molecule has 2 heterocycles. The highest BCUT2D eigenvalue weighted by Gasteiger charge is 2.45. The van der Waals surface area contributed by atoms with Crippen LogP contribution in [0.3, 0.4) is 0 Å². The van der Waals surface area contributed by atoms with Crippen LogP contribution in [-0.4, -0.2) is 75.2 Å². The van der Waals surface area contributed by atoms with Gasteiger partial charge in [0.1, 0.15) is 6.61 Å². The molecule has 2 saturated heterocycles. The summed E-state index contributed by atoms with van der Waals surface area (Å²) >= 11 is 0. The molecule has 1 atom stereocenters. The lowest BCUT2D eigenvalue weighted by atomic mass is 9.67. The van der Waals surface area contributed by atoms with Crippen LogP contribution in [0.2, 0.25) is 0 Å². The first-order valence-electron chi connectivity index (χ1n) is 9.69. The summed E-state index contributed by atoms with van der Waals surface area (Å²) in [5, 5.41) is 0. The highest BCUT2D eigenvalue weighted by molar-refractivity contribution is 5.84. The largest absolute Gasteiger partial charge is 0.382 e. The van der Waals surface area contributed by atoms with Crippen molar-refractivity contribution < 1.29 is 19.1 Å². The van der Waals surface area contributed by atoms with Crippen LogP contribution in [0, 0.1) is 5.41 Å². The van der Waals surface area contributed by atoms with Crippen LogP contribution in [0.5, 0.6) is 0 Å². The van der Waals surface area contributed by atoms with E-state index in [0.717, 1.165) is 44.5 Å². The van der Waals surface area contributed by atoms with E-state index >= 15 is 0 Å². The molecule has 0 bridgehead atoms. The molecule has 1 aromatic carbocycles. The lowest BCUT2D eigenvalue weighted by molar-refractivity contribution is -0.145. The van der Waals surface area contributed by atoms with Gasteiger partial charge in [-0.25, -0.2) is 0 Å². The van der Waals surface area contributed by atoms with Crippen molar-refractivity contribution in [3.63, 3.8) is 0 Å². The van der Waals surface area contributed by atoms with Gasteiger partial charge in [0.2, 0.25) is 11.8 Å². The summed E-state index contributed by atoms with van der Waals surface area (Å²) in [6.07, 6.45) is 2.72. The standard InChI is InChI=1S/C21H30N2O4/c1-22-16-21(14-18(20(22)25)17-6-4-3-5-7-17)8-10-23(11-9-21)19(24)15-27-13-12-26-2/h3-7,18H,8-16H2,1-2H3/t18-/m1/s1. The quantitative estimate of drug-likeness (QED) is 0.714. The van der Waals surface area contributed by atoms with Gasteiger partial charge in [-0.1, -0.05) is 30.3 Å². The topological polar surface area (TPSA) is 59.1 Å². The third-order valence-electron chi connectivity index (χ3n) is 5.92. The predicted octanol–water partition coefficient (Wildman–Crippen LogP) is 1.90. The van der Waals surface area contributed by atoms with E-state index in [0.29, 0.717) is 13.2 Å². The fourth-order valence-electron chi connectivity index (χ4n) is 4.36. The Labute approximate surface area is 161 Å². The molecule has 27 heavy (non-hydrogen) atoms. The van der Waals surface area contributed by atoms with Crippen molar-refractivity contribution in [2.75, 3.05) is 53.6 Å². The Morgan fingerprint density at radius 3 is 2.56 bits per heavy atom. The van der Waals surface area contributed by atoms with E-state index in [1.807, 2.05) is 47.2 Å². The number of hydrogen-bond acceptors (Lipinski definition) is 4. The summed E-state index contributed by atoms with van der Waals surface area (Å²) in [5.74, 6) is 0.169. The molecule has 2 fully saturated rings. The number of likely N-dealkylation sites (N-methyl/N-ethyl adjacent to an activating group) is 1. The molecule has 6 nitrogen and oxygen atoms in total. The average Bonchev–Trinajstić information content (AvgIpc) is 2.69. The maximum Gasteiger partial charge on any atom is 0.248 e. The number of likely N-dealkylation sites (tertiary alicyclic amines) is 2. The lowest BCUT2D eigenvalue weighted by Crippen LogP contribution is -2.53. The van der Waals surface area contributed by atoms with E-state index in [1.54, 1.807) is 7.11 Å². The number of amides is 2. The Hall–Kier alpha value is -1.92. The Balaban J connectivity index is 1.59. The molecule has 1 spiro atoms. The highest BCUT2D eigenvalue weighted by atomic mass is 16.5. The number of rotatable bonds is 6. The van der Waals surface area contributed by atoms with Crippen molar-refractivity contribution in [2.45, 2.75) is 25.2 Å². The number of carbonyl (C=O) groups is 2. The molecule has 0 saturated carbocycles. The molecule has 2 aliphatic rings. The Morgan fingerprint density at radius 1 is 1.19 bits per heavy atom. The number of hydrogen-bond donors (Lipinski definition) is 0. The van der Waals surface area contributed by atoms with Crippen LogP contribution in [0.15, 0.2) is 30.3 Å². The number of nitrogens with zero attached hydrogens (tertiary/aromatic N) is 2. The molecule has 0 N–H and O–H groups in total. The SMILES string of the molecule is COCCOCC(=O)N1CCC2(CC1)C[C@H](c1ccccc1)C(=O)N(C)C2. The minimum Gasteiger partial charge on any atom is -0.382 e. The van der Waals surface area contributed by atoms with Gasteiger partial charge in [0.15, 0.2) is 0 Å². The predicted molar refractivity (Wildman–Crippen MR) is 102 cm³/mol. The van der Waals surface area contributed by atoms with Crippen LogP contribution in [0.25, 0.3) is 0 Å². The minimum atomic E-state index is -0.0791. The van der Waals surface area contributed by atoms with Crippen LogP contribution < -0.4 is 0 Å². The van der Waals surface area contributed by atoms with Crippen molar-refractivity contribution in [1.29, 1.82) is 0 Å². The molecule has 0 aliphatic carbocycles. The molecule has 148 valence electrons. The van der Waals surface area contributed by atoms with E-state index in [4.69, 9.17) is 9.47 Å². The van der Waals surface area contributed by atoms with E-state index in [9.17, 15) is 9.59 Å². The van der Waals surface area contributed by atoms with Crippen LogP contribution >= 0.6 is 0 Å². The second-order valence-electron chi connectivity index (χ2n) is 7.79. The lowest BCUT2D eigenvalue weighted by Gasteiger charge is -2.49. The van der Waals surface area contributed by atoms with Gasteiger partial charge in [0.05, 0.1) is 19.1 Å². The summed E-state index contributed by atoms with van der Waals surface area (Å²) in [4.78, 5) is 28.8. The Bertz CT molecular complexity index is 641. The summed E-state index contributed by atoms with van der Waals surface area (Å²) in [6.45, 7) is 3.29. The first-order valence-corrected chi connectivity index (χ1v) is 9.69. The highest BCUT2D eigenvalue weighted by Crippen LogP contribution is 2.45. The van der Waals surface area contributed by atoms with E-state index in [2.05, 4.69) is 0 Å². The number of benzene rings is 1. The number of carbonyl (C=O) groups excluding carboxylic acids is 2. The summed E-state index contributed by atoms with van der Waals surface area (Å²) in [6, 6.07) is 10.1. The summed E-state index contributed by atoms with van der Waals surface area (Å²) in [5.41, 5.74) is 1.19. The van der Waals surface area contributed by atoms with Gasteiger partial charge in [-0.2, -0.15) is 0 Å². The molecule has 3 rings (SSSR count). The maximum atomic E-state index is 12.7. The zero-order valence-electron chi connectivity index (χ0n) is 16.4. The van der Waals surface area contributed by atoms with Crippen molar-refractivity contribution in [3.05, 3.63) is 35.9 Å². The maximum absolute atomic E-state index is 12.7. The second-order valence-corrected chi connectivity index (χ2v) is 7.79. The minimum absolute atomic E-state index is 0.0424. The van der Waals surface area contributed by atoms with Gasteiger partial charge in [0.25, 0.3) is 0 Å². The van der Waals surface area contributed by atoms with Gasteiger partial charge >= 0.3 is 0 Å². The van der Waals surface area contributed by atoms with E-state index < -0.39 is 0 Å². The average molecular weight is 374 g/mol. The normalized spacial score (nSPS) is 22.3. The third-order valence-corrected chi connectivity index (χ3v) is 5.92. The van der Waals surface area contributed by atoms with Crippen LogP contribution in [0.4, 0.5) is 0 Å². The van der Waals surface area contributed by atoms with Crippen molar-refractivity contribution in [1.82, 2.24) is 9.80 Å². The fourth-order valence-corrected chi connectivity index (χ4v) is 4.36. The van der Waals surface area contributed by atoms with Crippen molar-refractivity contribution >= 4 is 11.8 Å². The number of ether oxygens (including phenoxy) is 2. The molecule has 6 heteroatoms. The van der Waals surface area contributed by atoms with Gasteiger partial charge < -0.3 is 19.3 Å². The molecule has 0 radical (unpaired) electrons. The molecule has 2 amide bonds. The van der Waals surface area contributed by atoms with Gasteiger partial charge in [-0.15, -0.1) is 0 Å². The first-order chi connectivity index (χ1) is 13.0. The van der Waals surface area contributed by atoms with E-state index in [-0.39, 0.29) is 29.8 Å². The smallest absolute Gasteiger partial charge is 0.248 e. The van der Waals surface area contributed by atoms with Crippen molar-refractivity contribution in [3.8, 4) is 0 Å². The molecule has 1 aromatic rings. The Kier molecular flexibility index (Phi) is 6.50. The fraction of sp³-hybridized carbons (Fsp3) is 0.619. The number of piperidine rings is 2. The van der Waals surface area contributed by atoms with Crippen LogP contribution in [-0.2, 0) is 19.1 Å². The molecular formula is C21H30N2O4. The Morgan fingerprint density at radius 2 is 1.89 bits per heavy atom. The molecular weight excluding hydrogens is 344 g/mol. The van der Waals surface area contributed by atoms with Crippen LogP contribution in [0.1, 0.15) is 30.7 Å².